The Morgan fingerprint density at radius 1 is 1.36 bits per heavy atom. The molecule has 4 heteroatoms. The Bertz CT molecular complexity index is 291. The summed E-state index contributed by atoms with van der Waals surface area (Å²) in [4.78, 5) is 0. The second-order valence-electron chi connectivity index (χ2n) is 3.13. The van der Waals surface area contributed by atoms with E-state index < -0.39 is 12.5 Å². The van der Waals surface area contributed by atoms with Crippen LogP contribution in [0.3, 0.4) is 0 Å². The molecule has 78 valence electrons. The van der Waals surface area contributed by atoms with Gasteiger partial charge in [0, 0.05) is 12.1 Å². The van der Waals surface area contributed by atoms with Crippen molar-refractivity contribution in [2.45, 2.75) is 25.9 Å². The summed E-state index contributed by atoms with van der Waals surface area (Å²) in [5, 5.41) is 12.0. The first-order valence-corrected chi connectivity index (χ1v) is 4.39. The summed E-state index contributed by atoms with van der Waals surface area (Å²) in [6, 6.07) is 5.80. The Kier molecular flexibility index (Phi) is 3.83. The third-order valence-electron chi connectivity index (χ3n) is 1.98. The van der Waals surface area contributed by atoms with Gasteiger partial charge in [-0.25, -0.2) is 8.78 Å². The van der Waals surface area contributed by atoms with Crippen molar-refractivity contribution in [3.8, 4) is 5.75 Å². The fraction of sp³-hybridized carbons (Fsp3) is 0.400. The SMILES string of the molecule is CC(NCc1ccccc1O)C(F)F. The van der Waals surface area contributed by atoms with Gasteiger partial charge in [-0.3, -0.25) is 0 Å². The van der Waals surface area contributed by atoms with Crippen LogP contribution in [0.5, 0.6) is 5.75 Å². The van der Waals surface area contributed by atoms with E-state index in [2.05, 4.69) is 5.32 Å². The van der Waals surface area contributed by atoms with Gasteiger partial charge in [-0.1, -0.05) is 18.2 Å². The van der Waals surface area contributed by atoms with Crippen LogP contribution in [0.1, 0.15) is 12.5 Å². The minimum absolute atomic E-state index is 0.126. The smallest absolute Gasteiger partial charge is 0.253 e. The minimum atomic E-state index is -2.39. The number of nitrogens with one attached hydrogen (secondary N) is 1. The monoisotopic (exact) mass is 201 g/mol. The lowest BCUT2D eigenvalue weighted by Crippen LogP contribution is -2.31. The van der Waals surface area contributed by atoms with Gasteiger partial charge in [0.1, 0.15) is 5.75 Å². The molecule has 0 fully saturated rings. The maximum absolute atomic E-state index is 12.1. The number of benzene rings is 1. The number of rotatable bonds is 4. The molecule has 2 nitrogen and oxygen atoms in total. The van der Waals surface area contributed by atoms with Crippen molar-refractivity contribution in [1.82, 2.24) is 5.32 Å². The number of para-hydroxylation sites is 1. The molecular formula is C10H13F2NO. The highest BCUT2D eigenvalue weighted by Crippen LogP contribution is 2.15. The first-order chi connectivity index (χ1) is 6.61. The number of aromatic hydroxyl groups is 1. The molecule has 0 aliphatic heterocycles. The molecule has 0 bridgehead atoms. The Labute approximate surface area is 81.6 Å². The highest BCUT2D eigenvalue weighted by molar-refractivity contribution is 5.31. The molecule has 1 atom stereocenters. The minimum Gasteiger partial charge on any atom is -0.508 e. The molecule has 0 heterocycles. The fourth-order valence-electron chi connectivity index (χ4n) is 1.02. The number of hydrogen-bond donors (Lipinski definition) is 2. The molecule has 0 aromatic heterocycles. The van der Waals surface area contributed by atoms with Gasteiger partial charge in [-0.05, 0) is 13.0 Å². The second-order valence-corrected chi connectivity index (χ2v) is 3.13. The van der Waals surface area contributed by atoms with E-state index in [1.807, 2.05) is 0 Å². The van der Waals surface area contributed by atoms with Crippen LogP contribution in [0.25, 0.3) is 0 Å². The molecule has 1 unspecified atom stereocenters. The van der Waals surface area contributed by atoms with E-state index in [4.69, 9.17) is 0 Å². The average Bonchev–Trinajstić information content (AvgIpc) is 2.16. The van der Waals surface area contributed by atoms with Gasteiger partial charge in [-0.15, -0.1) is 0 Å². The highest BCUT2D eigenvalue weighted by atomic mass is 19.3. The Balaban J connectivity index is 2.50. The molecule has 0 aliphatic carbocycles. The largest absolute Gasteiger partial charge is 0.508 e. The summed E-state index contributed by atoms with van der Waals surface area (Å²) in [6.45, 7) is 1.66. The zero-order valence-corrected chi connectivity index (χ0v) is 7.87. The molecule has 1 aromatic rings. The van der Waals surface area contributed by atoms with Gasteiger partial charge in [-0.2, -0.15) is 0 Å². The van der Waals surface area contributed by atoms with E-state index >= 15 is 0 Å². The van der Waals surface area contributed by atoms with Gasteiger partial charge in [0.15, 0.2) is 0 Å². The Morgan fingerprint density at radius 3 is 2.57 bits per heavy atom. The first kappa shape index (κ1) is 10.9. The normalized spacial score (nSPS) is 13.1. The zero-order chi connectivity index (χ0) is 10.6. The second kappa shape index (κ2) is 4.91. The third kappa shape index (κ3) is 2.96. The van der Waals surface area contributed by atoms with Crippen molar-refractivity contribution in [2.75, 3.05) is 0 Å². The Morgan fingerprint density at radius 2 is 2.00 bits per heavy atom. The predicted molar refractivity (Wildman–Crippen MR) is 50.4 cm³/mol. The average molecular weight is 201 g/mol. The molecular weight excluding hydrogens is 188 g/mol. The van der Waals surface area contributed by atoms with E-state index in [9.17, 15) is 13.9 Å². The zero-order valence-electron chi connectivity index (χ0n) is 7.87. The van der Waals surface area contributed by atoms with Crippen LogP contribution in [-0.2, 0) is 6.54 Å². The van der Waals surface area contributed by atoms with Gasteiger partial charge in [0.2, 0.25) is 0 Å². The van der Waals surface area contributed by atoms with E-state index in [-0.39, 0.29) is 12.3 Å². The lowest BCUT2D eigenvalue weighted by molar-refractivity contribution is 0.105. The third-order valence-corrected chi connectivity index (χ3v) is 1.98. The van der Waals surface area contributed by atoms with Gasteiger partial charge < -0.3 is 10.4 Å². The van der Waals surface area contributed by atoms with Crippen LogP contribution < -0.4 is 5.32 Å². The Hall–Kier alpha value is -1.16. The number of phenols is 1. The summed E-state index contributed by atoms with van der Waals surface area (Å²) in [7, 11) is 0. The van der Waals surface area contributed by atoms with Crippen molar-refractivity contribution < 1.29 is 13.9 Å². The summed E-state index contributed by atoms with van der Waals surface area (Å²) in [5.74, 6) is 0.126. The van der Waals surface area contributed by atoms with Crippen molar-refractivity contribution >= 4 is 0 Å². The van der Waals surface area contributed by atoms with Crippen LogP contribution in [0.15, 0.2) is 24.3 Å². The van der Waals surface area contributed by atoms with Gasteiger partial charge in [0.25, 0.3) is 6.43 Å². The lowest BCUT2D eigenvalue weighted by atomic mass is 10.2. The number of phenolic OH excluding ortho intramolecular Hbond substituents is 1. The summed E-state index contributed by atoms with van der Waals surface area (Å²) in [5.41, 5.74) is 0.625. The van der Waals surface area contributed by atoms with E-state index in [1.54, 1.807) is 18.2 Å². The van der Waals surface area contributed by atoms with Crippen molar-refractivity contribution in [3.05, 3.63) is 29.8 Å². The van der Waals surface area contributed by atoms with Crippen LogP contribution in [0, 0.1) is 0 Å². The molecule has 0 radical (unpaired) electrons. The maximum atomic E-state index is 12.1. The molecule has 1 aromatic carbocycles. The van der Waals surface area contributed by atoms with E-state index in [0.717, 1.165) is 0 Å². The standard InChI is InChI=1S/C10H13F2NO/c1-7(10(11)12)13-6-8-4-2-3-5-9(8)14/h2-5,7,10,13-14H,6H2,1H3. The molecule has 0 amide bonds. The predicted octanol–water partition coefficient (Wildman–Crippen LogP) is 2.14. The van der Waals surface area contributed by atoms with Crippen LogP contribution in [0.4, 0.5) is 8.78 Å². The molecule has 0 aliphatic rings. The molecule has 0 saturated heterocycles. The first-order valence-electron chi connectivity index (χ1n) is 4.39. The van der Waals surface area contributed by atoms with Gasteiger partial charge >= 0.3 is 0 Å². The number of hydrogen-bond acceptors (Lipinski definition) is 2. The van der Waals surface area contributed by atoms with Crippen LogP contribution >= 0.6 is 0 Å². The molecule has 14 heavy (non-hydrogen) atoms. The topological polar surface area (TPSA) is 32.3 Å². The fourth-order valence-corrected chi connectivity index (χ4v) is 1.02. The number of halogens is 2. The van der Waals surface area contributed by atoms with E-state index in [0.29, 0.717) is 5.56 Å². The summed E-state index contributed by atoms with van der Waals surface area (Å²) < 4.78 is 24.2. The maximum Gasteiger partial charge on any atom is 0.253 e. The lowest BCUT2D eigenvalue weighted by Gasteiger charge is -2.12. The molecule has 1 rings (SSSR count). The van der Waals surface area contributed by atoms with Crippen LogP contribution in [0.2, 0.25) is 0 Å². The van der Waals surface area contributed by atoms with Crippen molar-refractivity contribution in [1.29, 1.82) is 0 Å². The quantitative estimate of drug-likeness (QED) is 0.782. The van der Waals surface area contributed by atoms with Crippen molar-refractivity contribution in [2.24, 2.45) is 0 Å². The number of alkyl halides is 2. The highest BCUT2D eigenvalue weighted by Gasteiger charge is 2.13. The molecule has 2 N–H and O–H groups in total. The molecule has 0 spiro atoms. The van der Waals surface area contributed by atoms with Gasteiger partial charge in [0.05, 0.1) is 6.04 Å². The van der Waals surface area contributed by atoms with Crippen LogP contribution in [-0.4, -0.2) is 17.6 Å². The summed E-state index contributed by atoms with van der Waals surface area (Å²) >= 11 is 0. The summed E-state index contributed by atoms with van der Waals surface area (Å²) in [6.07, 6.45) is -2.39. The van der Waals surface area contributed by atoms with Crippen molar-refractivity contribution in [3.63, 3.8) is 0 Å². The van der Waals surface area contributed by atoms with E-state index in [1.165, 1.54) is 13.0 Å². The molecule has 0 saturated carbocycles.